The Bertz CT molecular complexity index is 735. The van der Waals surface area contributed by atoms with E-state index in [4.69, 9.17) is 18.9 Å². The third-order valence-corrected chi connectivity index (χ3v) is 8.29. The van der Waals surface area contributed by atoms with E-state index in [1.165, 1.54) is 0 Å². The monoisotopic (exact) mass is 578 g/mol. The fraction of sp³-hybridized carbons (Fsp3) is 0.833. The van der Waals surface area contributed by atoms with Gasteiger partial charge in [0.1, 0.15) is 25.8 Å². The van der Waals surface area contributed by atoms with Gasteiger partial charge in [-0.25, -0.2) is 0 Å². The summed E-state index contributed by atoms with van der Waals surface area (Å²) in [6.07, 6.45) is -0.800. The van der Waals surface area contributed by atoms with E-state index in [1.54, 1.807) is 21.6 Å². The van der Waals surface area contributed by atoms with Gasteiger partial charge >= 0.3 is 0 Å². The van der Waals surface area contributed by atoms with Crippen molar-refractivity contribution in [1.29, 1.82) is 0 Å². The van der Waals surface area contributed by atoms with Crippen LogP contribution in [0, 0.1) is 10.8 Å². The highest BCUT2D eigenvalue weighted by molar-refractivity contribution is 8.76. The summed E-state index contributed by atoms with van der Waals surface area (Å²) in [4.78, 5) is 48.5. The normalized spacial score (nSPS) is 22.2. The topological polar surface area (TPSA) is 153 Å². The highest BCUT2D eigenvalue weighted by Crippen LogP contribution is 2.28. The lowest BCUT2D eigenvalue weighted by Gasteiger charge is -2.36. The lowest BCUT2D eigenvalue weighted by atomic mass is 9.86. The van der Waals surface area contributed by atoms with Crippen molar-refractivity contribution >= 4 is 45.2 Å². The Balaban J connectivity index is 1.41. The molecule has 2 rings (SSSR count). The molecule has 2 saturated heterocycles. The van der Waals surface area contributed by atoms with Crippen molar-refractivity contribution in [2.45, 2.75) is 52.7 Å². The van der Waals surface area contributed by atoms with E-state index in [0.717, 1.165) is 11.5 Å². The molecule has 12 nitrogen and oxygen atoms in total. The van der Waals surface area contributed by atoms with Crippen LogP contribution in [0.5, 0.6) is 0 Å². The van der Waals surface area contributed by atoms with Crippen LogP contribution >= 0.6 is 21.6 Å². The number of amides is 4. The number of carbonyl (C=O) groups excluding carboxylic acids is 4. The Hall–Kier alpha value is -1.58. The van der Waals surface area contributed by atoms with Crippen LogP contribution in [-0.4, -0.2) is 100 Å². The fourth-order valence-corrected chi connectivity index (χ4v) is 5.66. The molecule has 0 radical (unpaired) electrons. The van der Waals surface area contributed by atoms with E-state index in [0.29, 0.717) is 26.3 Å². The summed E-state index contributed by atoms with van der Waals surface area (Å²) in [5.41, 5.74) is -0.837. The Morgan fingerprint density at radius 2 is 1.05 bits per heavy atom. The summed E-state index contributed by atoms with van der Waals surface area (Å²) >= 11 is 0. The number of ether oxygens (including phenoxy) is 4. The van der Waals surface area contributed by atoms with Gasteiger partial charge in [0.05, 0.1) is 13.2 Å². The van der Waals surface area contributed by atoms with Gasteiger partial charge in [-0.2, -0.15) is 0 Å². The average Bonchev–Trinajstić information content (AvgIpc) is 2.84. The summed E-state index contributed by atoms with van der Waals surface area (Å²) in [5.74, 6) is 0.713. The molecule has 218 valence electrons. The Kier molecular flexibility index (Phi) is 14.2. The first-order chi connectivity index (χ1) is 18.0. The molecule has 0 bridgehead atoms. The zero-order valence-corrected chi connectivity index (χ0v) is 24.4. The molecule has 0 aromatic rings. The third-order valence-electron chi connectivity index (χ3n) is 5.88. The number of nitrogens with one attached hydrogen (secondary N) is 4. The second-order valence-electron chi connectivity index (χ2n) is 10.4. The number of rotatable bonds is 15. The first-order valence-electron chi connectivity index (χ1n) is 12.7. The molecule has 2 fully saturated rings. The molecule has 2 aliphatic rings. The van der Waals surface area contributed by atoms with Crippen LogP contribution < -0.4 is 21.3 Å². The minimum Gasteiger partial charge on any atom is -0.355 e. The van der Waals surface area contributed by atoms with Gasteiger partial charge in [0.15, 0.2) is 0 Å². The first kappa shape index (κ1) is 32.6. The molecule has 0 aliphatic carbocycles. The molecule has 2 atom stereocenters. The van der Waals surface area contributed by atoms with Crippen molar-refractivity contribution in [2.75, 3.05) is 64.5 Å². The third kappa shape index (κ3) is 11.7. The van der Waals surface area contributed by atoms with Gasteiger partial charge in [-0.1, -0.05) is 49.3 Å². The minimum absolute atomic E-state index is 0.0930. The summed E-state index contributed by atoms with van der Waals surface area (Å²) in [6, 6.07) is 0. The molecule has 2 aliphatic heterocycles. The molecular formula is C24H42N4O8S2. The maximum absolute atomic E-state index is 12.3. The second-order valence-corrected chi connectivity index (χ2v) is 13.1. The predicted molar refractivity (Wildman–Crippen MR) is 145 cm³/mol. The second kappa shape index (κ2) is 16.5. The van der Waals surface area contributed by atoms with Crippen LogP contribution in [0.1, 0.15) is 40.5 Å². The van der Waals surface area contributed by atoms with E-state index in [1.807, 2.05) is 27.7 Å². The first-order valence-corrected chi connectivity index (χ1v) is 15.2. The molecule has 0 aromatic heterocycles. The molecule has 0 aromatic carbocycles. The molecule has 0 unspecified atom stereocenters. The van der Waals surface area contributed by atoms with Crippen molar-refractivity contribution < 1.29 is 38.1 Å². The number of carbonyl (C=O) groups is 4. The van der Waals surface area contributed by atoms with Crippen LogP contribution in [0.15, 0.2) is 0 Å². The largest absolute Gasteiger partial charge is 0.355 e. The Labute approximate surface area is 232 Å². The highest BCUT2D eigenvalue weighted by atomic mass is 33.1. The van der Waals surface area contributed by atoms with Crippen molar-refractivity contribution in [3.63, 3.8) is 0 Å². The van der Waals surface area contributed by atoms with Crippen LogP contribution in [0.4, 0.5) is 0 Å². The van der Waals surface area contributed by atoms with Gasteiger partial charge in [0, 0.05) is 61.4 Å². The quantitative estimate of drug-likeness (QED) is 0.159. The van der Waals surface area contributed by atoms with Gasteiger partial charge in [-0.3, -0.25) is 19.2 Å². The molecule has 4 N–H and O–H groups in total. The lowest BCUT2D eigenvalue weighted by molar-refractivity contribution is -0.202. The van der Waals surface area contributed by atoms with Crippen molar-refractivity contribution in [3.8, 4) is 0 Å². The van der Waals surface area contributed by atoms with E-state index >= 15 is 0 Å². The summed E-state index contributed by atoms with van der Waals surface area (Å²) in [6.45, 7) is 10.2. The van der Waals surface area contributed by atoms with E-state index in [-0.39, 0.29) is 63.1 Å². The van der Waals surface area contributed by atoms with E-state index in [9.17, 15) is 19.2 Å². The average molecular weight is 579 g/mol. The van der Waals surface area contributed by atoms with Gasteiger partial charge in [-0.15, -0.1) is 0 Å². The van der Waals surface area contributed by atoms with Crippen LogP contribution in [-0.2, 0) is 38.1 Å². The molecular weight excluding hydrogens is 536 g/mol. The Morgan fingerprint density at radius 3 is 1.42 bits per heavy atom. The molecule has 0 spiro atoms. The van der Waals surface area contributed by atoms with Crippen molar-refractivity contribution in [1.82, 2.24) is 21.3 Å². The maximum atomic E-state index is 12.3. The standard InChI is InChI=1S/C24H42N4O8S2/c1-23(2)13-33-15-35-19(23)21(31)27-7-5-17(29)25-9-11-37-38-12-10-26-18(30)6-8-28-22(32)20-24(3,4)14-34-16-36-20/h19-20H,5-16H2,1-4H3,(H,25,29)(H,26,30)(H,27,31)(H,28,32)/t19-,20-/m0/s1. The van der Waals surface area contributed by atoms with Crippen LogP contribution in [0.25, 0.3) is 0 Å². The van der Waals surface area contributed by atoms with Gasteiger partial charge in [0.2, 0.25) is 23.6 Å². The predicted octanol–water partition coefficient (Wildman–Crippen LogP) is 0.411. The van der Waals surface area contributed by atoms with E-state index < -0.39 is 23.0 Å². The van der Waals surface area contributed by atoms with Gasteiger partial charge in [0.25, 0.3) is 0 Å². The zero-order valence-electron chi connectivity index (χ0n) is 22.7. The molecule has 38 heavy (non-hydrogen) atoms. The number of hydrogen-bond donors (Lipinski definition) is 4. The SMILES string of the molecule is CC1(C)COCO[C@H]1C(=O)NCCC(=O)NCCSSCCNC(=O)CCNC(=O)[C@@H]1OCOCC1(C)C. The Morgan fingerprint density at radius 1 is 0.658 bits per heavy atom. The van der Waals surface area contributed by atoms with Gasteiger partial charge < -0.3 is 40.2 Å². The smallest absolute Gasteiger partial charge is 0.249 e. The lowest BCUT2D eigenvalue weighted by Crippen LogP contribution is -2.51. The number of hydrogen-bond acceptors (Lipinski definition) is 10. The minimum atomic E-state index is -0.594. The maximum Gasteiger partial charge on any atom is 0.249 e. The molecule has 4 amide bonds. The van der Waals surface area contributed by atoms with Gasteiger partial charge in [-0.05, 0) is 0 Å². The van der Waals surface area contributed by atoms with Crippen molar-refractivity contribution in [2.24, 2.45) is 10.8 Å². The van der Waals surface area contributed by atoms with Crippen molar-refractivity contribution in [3.05, 3.63) is 0 Å². The summed E-state index contributed by atoms with van der Waals surface area (Å²) in [7, 11) is 3.21. The van der Waals surface area contributed by atoms with Crippen LogP contribution in [0.2, 0.25) is 0 Å². The van der Waals surface area contributed by atoms with E-state index in [2.05, 4.69) is 21.3 Å². The van der Waals surface area contributed by atoms with Crippen LogP contribution in [0.3, 0.4) is 0 Å². The molecule has 0 saturated carbocycles. The summed E-state index contributed by atoms with van der Waals surface area (Å²) < 4.78 is 21.3. The summed E-state index contributed by atoms with van der Waals surface area (Å²) in [5, 5.41) is 11.2. The highest BCUT2D eigenvalue weighted by Gasteiger charge is 2.40. The molecule has 2 heterocycles. The molecule has 14 heteroatoms. The fourth-order valence-electron chi connectivity index (χ4n) is 3.85. The zero-order chi connectivity index (χ0) is 28.0.